The van der Waals surface area contributed by atoms with Gasteiger partial charge < -0.3 is 14.1 Å². The molecule has 0 saturated carbocycles. The summed E-state index contributed by atoms with van der Waals surface area (Å²) in [6.07, 6.45) is 1.60. The van der Waals surface area contributed by atoms with Crippen molar-refractivity contribution in [3.05, 3.63) is 97.4 Å². The van der Waals surface area contributed by atoms with Crippen molar-refractivity contribution in [3.63, 3.8) is 0 Å². The molecule has 1 saturated heterocycles. The van der Waals surface area contributed by atoms with E-state index in [-0.39, 0.29) is 0 Å². The van der Waals surface area contributed by atoms with Gasteiger partial charge in [0, 0.05) is 13.1 Å². The summed E-state index contributed by atoms with van der Waals surface area (Å²) >= 11 is 0. The van der Waals surface area contributed by atoms with Gasteiger partial charge in [0.1, 0.15) is 15.9 Å². The van der Waals surface area contributed by atoms with Gasteiger partial charge in [0.2, 0.25) is 0 Å². The van der Waals surface area contributed by atoms with Crippen LogP contribution >= 0.6 is 7.26 Å². The minimum Gasteiger partial charge on any atom is -0.424 e. The Kier molecular flexibility index (Phi) is 8.15. The monoisotopic (exact) mass is 515 g/mol. The molecule has 0 unspecified atom stereocenters. The highest BCUT2D eigenvalue weighted by Crippen LogP contribution is 2.55. The summed E-state index contributed by atoms with van der Waals surface area (Å²) in [6.45, 7) is 3.02. The van der Waals surface area contributed by atoms with Gasteiger partial charge in [0.05, 0.1) is 28.1 Å². The number of anilines is 1. The average molecular weight is 516 g/mol. The van der Waals surface area contributed by atoms with Crippen LogP contribution in [-0.4, -0.2) is 35.9 Å². The van der Waals surface area contributed by atoms with Crippen molar-refractivity contribution >= 4 is 34.5 Å². The zero-order chi connectivity index (χ0) is 24.7. The van der Waals surface area contributed by atoms with E-state index in [1.807, 2.05) is 0 Å². The lowest BCUT2D eigenvalue weighted by Gasteiger charge is -2.30. The average Bonchev–Trinajstić information content (AvgIpc) is 3.36. The Labute approximate surface area is 206 Å². The maximum absolute atomic E-state index is 8.60. The molecule has 5 rings (SSSR count). The standard InChI is InChI=1S/C25H24N2O2P.ClHO4/c1-4-10-21(11-5-1)30(22-12-6-2-7-13-22,23-14-8-3-9-15-23)24-25(29-20-26-24)27-16-18-28-19-17-27;2-1(3,4)5/h1-15,20H,16-19H2;(H,2,3,4,5)/q+1;. The Morgan fingerprint density at radius 1 is 0.743 bits per heavy atom. The van der Waals surface area contributed by atoms with Crippen LogP contribution in [0.2, 0.25) is 0 Å². The van der Waals surface area contributed by atoms with E-state index in [2.05, 4.69) is 95.9 Å². The number of aromatic nitrogens is 1. The second-order valence-corrected chi connectivity index (χ2v) is 11.8. The normalized spacial score (nSPS) is 14.2. The van der Waals surface area contributed by atoms with Crippen molar-refractivity contribution in [3.8, 4) is 0 Å². The van der Waals surface area contributed by atoms with Crippen molar-refractivity contribution in [1.29, 1.82) is 0 Å². The van der Waals surface area contributed by atoms with Crippen LogP contribution in [0.5, 0.6) is 0 Å². The summed E-state index contributed by atoms with van der Waals surface area (Å²) in [5.74, 6) is 0.864. The maximum atomic E-state index is 8.60. The molecule has 2 heterocycles. The molecule has 1 fully saturated rings. The van der Waals surface area contributed by atoms with Gasteiger partial charge in [-0.1, -0.05) is 54.6 Å². The van der Waals surface area contributed by atoms with E-state index < -0.39 is 17.5 Å². The lowest BCUT2D eigenvalue weighted by atomic mass is 10.4. The fraction of sp³-hybridized carbons (Fsp3) is 0.160. The molecule has 182 valence electrons. The molecule has 1 N–H and O–H groups in total. The molecule has 1 aromatic heterocycles. The molecule has 35 heavy (non-hydrogen) atoms. The molecule has 0 radical (unpaired) electrons. The number of rotatable bonds is 5. The highest BCUT2D eigenvalue weighted by molar-refractivity contribution is 8.01. The summed E-state index contributed by atoms with van der Waals surface area (Å²) in [4.78, 5) is 7.17. The number of nitrogens with zero attached hydrogens (tertiary/aromatic N) is 2. The van der Waals surface area contributed by atoms with Gasteiger partial charge in [0.25, 0.3) is 11.3 Å². The van der Waals surface area contributed by atoms with E-state index in [9.17, 15) is 0 Å². The smallest absolute Gasteiger partial charge is 0.261 e. The van der Waals surface area contributed by atoms with E-state index in [0.29, 0.717) is 13.2 Å². The van der Waals surface area contributed by atoms with Crippen molar-refractivity contribution in [2.24, 2.45) is 0 Å². The fourth-order valence-electron chi connectivity index (χ4n) is 4.22. The van der Waals surface area contributed by atoms with Crippen LogP contribution in [0.3, 0.4) is 0 Å². The molecule has 10 heteroatoms. The third-order valence-corrected chi connectivity index (χ3v) is 9.74. The number of benzene rings is 3. The van der Waals surface area contributed by atoms with E-state index in [4.69, 9.17) is 32.8 Å². The molecule has 1 aliphatic rings. The van der Waals surface area contributed by atoms with E-state index >= 15 is 0 Å². The third kappa shape index (κ3) is 5.89. The second-order valence-electron chi connectivity index (χ2n) is 7.65. The van der Waals surface area contributed by atoms with Gasteiger partial charge in [0.15, 0.2) is 13.7 Å². The molecule has 0 bridgehead atoms. The predicted molar refractivity (Wildman–Crippen MR) is 127 cm³/mol. The van der Waals surface area contributed by atoms with E-state index in [1.165, 1.54) is 15.9 Å². The first-order valence-electron chi connectivity index (χ1n) is 10.9. The van der Waals surface area contributed by atoms with E-state index in [0.717, 1.165) is 24.4 Å². The minimum absolute atomic E-state index is 0.702. The Morgan fingerprint density at radius 2 is 1.14 bits per heavy atom. The maximum Gasteiger partial charge on any atom is 0.261 e. The molecule has 0 spiro atoms. The fourth-order valence-corrected chi connectivity index (χ4v) is 8.40. The molecule has 0 aliphatic carbocycles. The lowest BCUT2D eigenvalue weighted by Crippen LogP contribution is -2.58. The van der Waals surface area contributed by atoms with Gasteiger partial charge in [-0.25, -0.2) is 0 Å². The van der Waals surface area contributed by atoms with Gasteiger partial charge in [-0.05, 0) is 36.4 Å². The molecule has 0 atom stereocenters. The number of hydrogen-bond donors (Lipinski definition) is 1. The number of hydrogen-bond acceptors (Lipinski definition) is 8. The molecule has 3 aromatic carbocycles. The number of morpholine rings is 1. The van der Waals surface area contributed by atoms with Crippen LogP contribution in [0.25, 0.3) is 0 Å². The zero-order valence-electron chi connectivity index (χ0n) is 18.8. The van der Waals surface area contributed by atoms with Crippen molar-refractivity contribution in [2.75, 3.05) is 31.2 Å². The van der Waals surface area contributed by atoms with Crippen LogP contribution < -0.4 is 40.2 Å². The Morgan fingerprint density at radius 3 is 1.54 bits per heavy atom. The molecule has 8 nitrogen and oxygen atoms in total. The number of halogens is 1. The highest BCUT2D eigenvalue weighted by Gasteiger charge is 2.53. The van der Waals surface area contributed by atoms with Gasteiger partial charge >= 0.3 is 0 Å². The molecule has 1 aliphatic heterocycles. The van der Waals surface area contributed by atoms with Crippen LogP contribution in [-0.2, 0) is 4.74 Å². The van der Waals surface area contributed by atoms with E-state index in [1.54, 1.807) is 6.39 Å². The Bertz CT molecular complexity index is 1080. The Hall–Kier alpha value is -2.81. The Balaban J connectivity index is 0.000000527. The molecule has 4 aromatic rings. The number of oxazole rings is 1. The summed E-state index contributed by atoms with van der Waals surface area (Å²) in [7, 11) is -6.94. The van der Waals surface area contributed by atoms with Gasteiger partial charge in [-0.3, -0.25) is 0 Å². The van der Waals surface area contributed by atoms with Gasteiger partial charge in [-0.15, -0.1) is 0 Å². The summed E-state index contributed by atoms with van der Waals surface area (Å²) < 4.78 is 44.4. The zero-order valence-corrected chi connectivity index (χ0v) is 20.4. The van der Waals surface area contributed by atoms with Crippen molar-refractivity contribution < 1.29 is 38.0 Å². The second kappa shape index (κ2) is 11.3. The first-order valence-corrected chi connectivity index (χ1v) is 13.9. The van der Waals surface area contributed by atoms with Crippen LogP contribution in [0.15, 0.2) is 102 Å². The minimum atomic E-state index is -4.69. The predicted octanol–water partition coefficient (Wildman–Crippen LogP) is -0.993. The highest BCUT2D eigenvalue weighted by atomic mass is 35.7. The van der Waals surface area contributed by atoms with Crippen molar-refractivity contribution in [1.82, 2.24) is 4.98 Å². The van der Waals surface area contributed by atoms with Crippen LogP contribution in [0, 0.1) is 10.2 Å². The van der Waals surface area contributed by atoms with Crippen LogP contribution in [0.1, 0.15) is 0 Å². The molecular weight excluding hydrogens is 491 g/mol. The molecular formula is C25H25ClN2O6P+. The third-order valence-electron chi connectivity index (χ3n) is 5.58. The lowest BCUT2D eigenvalue weighted by molar-refractivity contribution is -1.92. The quantitative estimate of drug-likeness (QED) is 0.335. The SMILES string of the molecule is [O-][Cl+3]([O-])([O-])O.c1ccc([P+](c2ccccc2)(c2ccccc2)c2ncoc2N2CCOCC2)cc1. The van der Waals surface area contributed by atoms with Gasteiger partial charge in [-0.2, -0.15) is 19.0 Å². The summed E-state index contributed by atoms with van der Waals surface area (Å²) in [6, 6.07) is 32.3. The molecule has 0 amide bonds. The largest absolute Gasteiger partial charge is 0.424 e. The first kappa shape index (κ1) is 25.3. The first-order chi connectivity index (χ1) is 16.9. The van der Waals surface area contributed by atoms with Crippen molar-refractivity contribution in [2.45, 2.75) is 0 Å². The van der Waals surface area contributed by atoms with Crippen LogP contribution in [0.4, 0.5) is 5.88 Å². The topological polar surface area (TPSA) is 128 Å². The summed E-state index contributed by atoms with van der Waals surface area (Å²) in [5.41, 5.74) is 1.02. The number of ether oxygens (including phenoxy) is 1. The summed E-state index contributed by atoms with van der Waals surface area (Å²) in [5, 5.41) is 3.81.